The quantitative estimate of drug-likeness (QED) is 0.621. The van der Waals surface area contributed by atoms with Gasteiger partial charge >= 0.3 is 0 Å². The van der Waals surface area contributed by atoms with Crippen molar-refractivity contribution in [3.05, 3.63) is 6.92 Å². The topological polar surface area (TPSA) is 23.6 Å². The summed E-state index contributed by atoms with van der Waals surface area (Å²) in [6.07, 6.45) is 4.99. The van der Waals surface area contributed by atoms with Gasteiger partial charge in [0.2, 0.25) is 5.91 Å². The second-order valence-corrected chi connectivity index (χ2v) is 4.36. The summed E-state index contributed by atoms with van der Waals surface area (Å²) in [5.74, 6) is -0.00938. The second-order valence-electron chi connectivity index (χ2n) is 4.36. The van der Waals surface area contributed by atoms with E-state index in [0.29, 0.717) is 0 Å². The molecule has 0 aromatic heterocycles. The Morgan fingerprint density at radius 3 is 2.14 bits per heavy atom. The van der Waals surface area contributed by atoms with E-state index in [9.17, 15) is 4.79 Å². The van der Waals surface area contributed by atoms with Gasteiger partial charge in [0.1, 0.15) is 0 Å². The van der Waals surface area contributed by atoms with E-state index in [1.807, 2.05) is 4.90 Å². The summed E-state index contributed by atoms with van der Waals surface area (Å²) in [6.45, 7) is 7.80. The van der Waals surface area contributed by atoms with E-state index in [1.165, 1.54) is 25.9 Å². The minimum atomic E-state index is -0.00938. The molecule has 0 atom stereocenters. The van der Waals surface area contributed by atoms with E-state index in [-0.39, 0.29) is 5.91 Å². The van der Waals surface area contributed by atoms with Gasteiger partial charge in [-0.15, -0.1) is 0 Å². The van der Waals surface area contributed by atoms with Crippen molar-refractivity contribution in [2.75, 3.05) is 26.2 Å². The summed E-state index contributed by atoms with van der Waals surface area (Å²) in [5, 5.41) is 0. The largest absolute Gasteiger partial charge is 0.343 e. The highest BCUT2D eigenvalue weighted by Crippen LogP contribution is 2.20. The third-order valence-electron chi connectivity index (χ3n) is 3.47. The van der Waals surface area contributed by atoms with Crippen LogP contribution < -0.4 is 0 Å². The molecular weight excluding hydrogens is 176 g/mol. The van der Waals surface area contributed by atoms with Gasteiger partial charge in [-0.25, -0.2) is 0 Å². The molecule has 3 heteroatoms. The summed E-state index contributed by atoms with van der Waals surface area (Å²) in [7, 11) is 0. The van der Waals surface area contributed by atoms with Crippen LogP contribution in [0.25, 0.3) is 0 Å². The first-order chi connectivity index (χ1) is 6.77. The van der Waals surface area contributed by atoms with Gasteiger partial charge in [0.15, 0.2) is 0 Å². The molecule has 1 radical (unpaired) electrons. The van der Waals surface area contributed by atoms with Crippen LogP contribution in [0.15, 0.2) is 0 Å². The van der Waals surface area contributed by atoms with Gasteiger partial charge in [-0.3, -0.25) is 4.79 Å². The van der Waals surface area contributed by atoms with Gasteiger partial charge in [-0.05, 0) is 38.8 Å². The number of hydrogen-bond acceptors (Lipinski definition) is 2. The molecule has 79 valence electrons. The predicted octanol–water partition coefficient (Wildman–Crippen LogP) is 0.907. The Morgan fingerprint density at radius 1 is 1.07 bits per heavy atom. The fourth-order valence-electron chi connectivity index (χ4n) is 2.59. The van der Waals surface area contributed by atoms with Crippen LogP contribution in [-0.2, 0) is 4.79 Å². The van der Waals surface area contributed by atoms with Gasteiger partial charge in [0.05, 0.1) is 0 Å². The third kappa shape index (κ3) is 2.08. The smallest absolute Gasteiger partial charge is 0.223 e. The van der Waals surface area contributed by atoms with E-state index in [2.05, 4.69) is 11.8 Å². The van der Waals surface area contributed by atoms with Crippen LogP contribution in [0.5, 0.6) is 0 Å². The lowest BCUT2D eigenvalue weighted by Crippen LogP contribution is -2.45. The Labute approximate surface area is 86.1 Å². The average molecular weight is 195 g/mol. The number of rotatable bonds is 1. The first-order valence-corrected chi connectivity index (χ1v) is 5.62. The molecule has 2 heterocycles. The highest BCUT2D eigenvalue weighted by molar-refractivity contribution is 5.80. The third-order valence-corrected chi connectivity index (χ3v) is 3.47. The van der Waals surface area contributed by atoms with Crippen molar-refractivity contribution in [3.8, 4) is 0 Å². The monoisotopic (exact) mass is 195 g/mol. The number of hydrogen-bond donors (Lipinski definition) is 0. The normalized spacial score (nSPS) is 25.6. The molecule has 2 aliphatic heterocycles. The Morgan fingerprint density at radius 2 is 1.64 bits per heavy atom. The molecule has 0 saturated carbocycles. The molecular formula is C11H19N2O. The van der Waals surface area contributed by atoms with E-state index < -0.39 is 0 Å². The number of amides is 1. The first-order valence-electron chi connectivity index (χ1n) is 5.62. The number of nitrogens with zero attached hydrogens (tertiary/aromatic N) is 2. The van der Waals surface area contributed by atoms with Crippen molar-refractivity contribution in [2.45, 2.75) is 31.7 Å². The van der Waals surface area contributed by atoms with Gasteiger partial charge in [0.25, 0.3) is 0 Å². The van der Waals surface area contributed by atoms with E-state index in [4.69, 9.17) is 0 Å². The van der Waals surface area contributed by atoms with E-state index in [1.54, 1.807) is 0 Å². The maximum absolute atomic E-state index is 11.0. The highest BCUT2D eigenvalue weighted by Gasteiger charge is 2.26. The maximum Gasteiger partial charge on any atom is 0.223 e. The SMILES string of the molecule is [CH2]C(=O)N1CCC(N2CCCC2)CC1. The highest BCUT2D eigenvalue weighted by atomic mass is 16.2. The van der Waals surface area contributed by atoms with Crippen LogP contribution in [0.3, 0.4) is 0 Å². The molecule has 0 aliphatic carbocycles. The fraction of sp³-hybridized carbons (Fsp3) is 0.818. The van der Waals surface area contributed by atoms with Crippen molar-refractivity contribution >= 4 is 5.91 Å². The Bertz CT molecular complexity index is 203. The van der Waals surface area contributed by atoms with E-state index in [0.717, 1.165) is 32.0 Å². The molecule has 2 saturated heterocycles. The predicted molar refractivity (Wildman–Crippen MR) is 55.8 cm³/mol. The number of piperidine rings is 1. The standard InChI is InChI=1S/C11H19N2O/c1-10(14)12-8-4-11(5-9-12)13-6-2-3-7-13/h11H,1-9H2. The van der Waals surface area contributed by atoms with Gasteiger partial charge in [-0.2, -0.15) is 0 Å². The lowest BCUT2D eigenvalue weighted by atomic mass is 10.0. The van der Waals surface area contributed by atoms with Crippen LogP contribution in [0, 0.1) is 6.92 Å². The summed E-state index contributed by atoms with van der Waals surface area (Å²) < 4.78 is 0. The molecule has 0 unspecified atom stereocenters. The van der Waals surface area contributed by atoms with Crippen molar-refractivity contribution in [1.82, 2.24) is 9.80 Å². The van der Waals surface area contributed by atoms with Crippen LogP contribution in [-0.4, -0.2) is 47.9 Å². The molecule has 2 rings (SSSR count). The number of carbonyl (C=O) groups excluding carboxylic acids is 1. The summed E-state index contributed by atoms with van der Waals surface area (Å²) in [6, 6.07) is 0.730. The summed E-state index contributed by atoms with van der Waals surface area (Å²) in [5.41, 5.74) is 0. The minimum absolute atomic E-state index is 0.00938. The average Bonchev–Trinajstić information content (AvgIpc) is 2.71. The number of likely N-dealkylation sites (tertiary alicyclic amines) is 2. The van der Waals surface area contributed by atoms with E-state index >= 15 is 0 Å². The minimum Gasteiger partial charge on any atom is -0.343 e. The lowest BCUT2D eigenvalue weighted by molar-refractivity contribution is -0.127. The second kappa shape index (κ2) is 4.30. The molecule has 0 aromatic rings. The zero-order valence-electron chi connectivity index (χ0n) is 8.74. The van der Waals surface area contributed by atoms with Crippen molar-refractivity contribution in [2.24, 2.45) is 0 Å². The maximum atomic E-state index is 11.0. The Kier molecular flexibility index (Phi) is 3.06. The summed E-state index contributed by atoms with van der Waals surface area (Å²) >= 11 is 0. The van der Waals surface area contributed by atoms with Crippen molar-refractivity contribution in [3.63, 3.8) is 0 Å². The van der Waals surface area contributed by atoms with Crippen LogP contribution >= 0.6 is 0 Å². The summed E-state index contributed by atoms with van der Waals surface area (Å²) in [4.78, 5) is 15.5. The first kappa shape index (κ1) is 9.97. The van der Waals surface area contributed by atoms with Crippen LogP contribution in [0.4, 0.5) is 0 Å². The van der Waals surface area contributed by atoms with Crippen molar-refractivity contribution < 1.29 is 4.79 Å². The van der Waals surface area contributed by atoms with Crippen LogP contribution in [0.2, 0.25) is 0 Å². The molecule has 0 aromatic carbocycles. The van der Waals surface area contributed by atoms with Gasteiger partial charge in [-0.1, -0.05) is 0 Å². The van der Waals surface area contributed by atoms with Crippen LogP contribution in [0.1, 0.15) is 25.7 Å². The zero-order chi connectivity index (χ0) is 9.97. The molecule has 1 amide bonds. The lowest BCUT2D eigenvalue weighted by Gasteiger charge is -2.36. The molecule has 2 fully saturated rings. The Hall–Kier alpha value is -0.570. The molecule has 0 bridgehead atoms. The molecule has 0 N–H and O–H groups in total. The number of carbonyl (C=O) groups is 1. The molecule has 14 heavy (non-hydrogen) atoms. The molecule has 2 aliphatic rings. The van der Waals surface area contributed by atoms with Gasteiger partial charge in [0, 0.05) is 26.1 Å². The van der Waals surface area contributed by atoms with Gasteiger partial charge < -0.3 is 9.80 Å². The zero-order valence-corrected chi connectivity index (χ0v) is 8.74. The Balaban J connectivity index is 1.80. The fourth-order valence-corrected chi connectivity index (χ4v) is 2.59. The molecule has 0 spiro atoms. The van der Waals surface area contributed by atoms with Crippen molar-refractivity contribution in [1.29, 1.82) is 0 Å². The molecule has 3 nitrogen and oxygen atoms in total.